The molecule has 1 aliphatic heterocycles. The molecule has 3 aromatic rings. The maximum Gasteiger partial charge on any atom is 0.243 e. The fourth-order valence-electron chi connectivity index (χ4n) is 4.53. The van der Waals surface area contributed by atoms with Gasteiger partial charge in [0.15, 0.2) is 29.3 Å². The number of methoxy groups -OCH3 is 5. The van der Waals surface area contributed by atoms with Crippen molar-refractivity contribution in [1.82, 2.24) is 4.31 Å². The van der Waals surface area contributed by atoms with Crippen LogP contribution in [0.1, 0.15) is 22.6 Å². The van der Waals surface area contributed by atoms with Gasteiger partial charge >= 0.3 is 0 Å². The SMILES string of the molecule is COc1cc2c(cc1OC)C(CN(CC(OC)OC)S(=O)(=O)c1ccc(C)cc1)c1cccc(OC)c1O2. The molecule has 0 aromatic heterocycles. The van der Waals surface area contributed by atoms with Gasteiger partial charge in [-0.3, -0.25) is 0 Å². The van der Waals surface area contributed by atoms with E-state index in [1.54, 1.807) is 57.7 Å². The van der Waals surface area contributed by atoms with Crippen LogP contribution in [-0.2, 0) is 19.5 Å². The van der Waals surface area contributed by atoms with Crippen LogP contribution in [0.4, 0.5) is 0 Å². The Morgan fingerprint density at radius 3 is 2.08 bits per heavy atom. The number of aryl methyl sites for hydroxylation is 1. The van der Waals surface area contributed by atoms with E-state index in [-0.39, 0.29) is 18.0 Å². The van der Waals surface area contributed by atoms with Crippen LogP contribution in [0.3, 0.4) is 0 Å². The first-order valence-electron chi connectivity index (χ1n) is 12.0. The van der Waals surface area contributed by atoms with Crippen molar-refractivity contribution >= 4 is 10.0 Å². The predicted octanol–water partition coefficient (Wildman–Crippen LogP) is 4.57. The Kier molecular flexibility index (Phi) is 8.47. The number of benzene rings is 3. The summed E-state index contributed by atoms with van der Waals surface area (Å²) in [5, 5.41) is 0. The molecule has 0 spiro atoms. The molecule has 38 heavy (non-hydrogen) atoms. The van der Waals surface area contributed by atoms with Crippen molar-refractivity contribution in [3.8, 4) is 28.7 Å². The van der Waals surface area contributed by atoms with E-state index in [1.807, 2.05) is 25.1 Å². The third-order valence-electron chi connectivity index (χ3n) is 6.63. The third-order valence-corrected chi connectivity index (χ3v) is 8.48. The second kappa shape index (κ2) is 11.6. The van der Waals surface area contributed by atoms with Crippen LogP contribution in [-0.4, -0.2) is 67.7 Å². The van der Waals surface area contributed by atoms with E-state index in [1.165, 1.54) is 18.5 Å². The molecule has 204 valence electrons. The molecule has 1 atom stereocenters. The second-order valence-corrected chi connectivity index (χ2v) is 10.8. The van der Waals surface area contributed by atoms with Crippen molar-refractivity contribution in [3.05, 3.63) is 71.3 Å². The molecule has 10 heteroatoms. The zero-order valence-corrected chi connectivity index (χ0v) is 23.2. The Labute approximate surface area is 223 Å². The molecule has 0 aliphatic carbocycles. The minimum absolute atomic E-state index is 0.0253. The Bertz CT molecular complexity index is 1370. The molecule has 0 fully saturated rings. The summed E-state index contributed by atoms with van der Waals surface area (Å²) in [5.74, 6) is 2.14. The van der Waals surface area contributed by atoms with E-state index < -0.39 is 22.2 Å². The molecule has 3 aromatic carbocycles. The van der Waals surface area contributed by atoms with Gasteiger partial charge in [0, 0.05) is 43.9 Å². The van der Waals surface area contributed by atoms with E-state index >= 15 is 0 Å². The second-order valence-electron chi connectivity index (χ2n) is 8.81. The van der Waals surface area contributed by atoms with Gasteiger partial charge in [-0.05, 0) is 31.2 Å². The van der Waals surface area contributed by atoms with Crippen LogP contribution in [0.2, 0.25) is 0 Å². The molecule has 0 radical (unpaired) electrons. The van der Waals surface area contributed by atoms with Crippen molar-refractivity contribution in [2.24, 2.45) is 0 Å². The van der Waals surface area contributed by atoms with E-state index in [2.05, 4.69) is 0 Å². The quantitative estimate of drug-likeness (QED) is 0.325. The number of fused-ring (bicyclic) bond motifs is 2. The first kappa shape index (κ1) is 27.7. The number of nitrogens with zero attached hydrogens (tertiary/aromatic N) is 1. The predicted molar refractivity (Wildman–Crippen MR) is 142 cm³/mol. The molecule has 0 bridgehead atoms. The summed E-state index contributed by atoms with van der Waals surface area (Å²) in [4.78, 5) is 0.180. The highest BCUT2D eigenvalue weighted by molar-refractivity contribution is 7.89. The number of rotatable bonds is 11. The molecule has 0 amide bonds. The smallest absolute Gasteiger partial charge is 0.243 e. The number of sulfonamides is 1. The monoisotopic (exact) mass is 543 g/mol. The summed E-state index contributed by atoms with van der Waals surface area (Å²) in [5.41, 5.74) is 2.49. The molecule has 0 saturated carbocycles. The van der Waals surface area contributed by atoms with Crippen molar-refractivity contribution < 1.29 is 36.8 Å². The standard InChI is InChI=1S/C28H33NO8S/c1-18-10-12-19(13-11-18)38(30,31)29(17-27(35-5)36-6)16-22-20-8-7-9-23(32-2)28(20)37-24-15-26(34-4)25(33-3)14-21(22)24/h7-15,22,27H,16-17H2,1-6H3. The number of hydrogen-bond donors (Lipinski definition) is 0. The molecule has 4 rings (SSSR count). The Morgan fingerprint density at radius 1 is 0.842 bits per heavy atom. The number of ether oxygens (including phenoxy) is 6. The highest BCUT2D eigenvalue weighted by Gasteiger charge is 2.36. The summed E-state index contributed by atoms with van der Waals surface area (Å²) >= 11 is 0. The van der Waals surface area contributed by atoms with Crippen molar-refractivity contribution in [2.75, 3.05) is 48.6 Å². The number of hydrogen-bond acceptors (Lipinski definition) is 8. The first-order chi connectivity index (χ1) is 18.3. The van der Waals surface area contributed by atoms with E-state index in [0.717, 1.165) is 16.7 Å². The summed E-state index contributed by atoms with van der Waals surface area (Å²) < 4.78 is 63.0. The van der Waals surface area contributed by atoms with Crippen LogP contribution >= 0.6 is 0 Å². The van der Waals surface area contributed by atoms with Gasteiger partial charge in [0.1, 0.15) is 5.75 Å². The minimum Gasteiger partial charge on any atom is -0.493 e. The molecule has 1 unspecified atom stereocenters. The zero-order valence-electron chi connectivity index (χ0n) is 22.4. The van der Waals surface area contributed by atoms with Gasteiger partial charge in [-0.1, -0.05) is 29.8 Å². The van der Waals surface area contributed by atoms with Gasteiger partial charge in [-0.25, -0.2) is 8.42 Å². The van der Waals surface area contributed by atoms with Crippen LogP contribution < -0.4 is 18.9 Å². The lowest BCUT2D eigenvalue weighted by Gasteiger charge is -2.34. The maximum atomic E-state index is 14.0. The summed E-state index contributed by atoms with van der Waals surface area (Å²) in [6.45, 7) is 1.96. The summed E-state index contributed by atoms with van der Waals surface area (Å²) in [7, 11) is 3.68. The van der Waals surface area contributed by atoms with Crippen molar-refractivity contribution in [2.45, 2.75) is 24.0 Å². The molecule has 1 heterocycles. The van der Waals surface area contributed by atoms with Gasteiger partial charge in [-0.15, -0.1) is 0 Å². The van der Waals surface area contributed by atoms with E-state index in [0.29, 0.717) is 28.7 Å². The highest BCUT2D eigenvalue weighted by atomic mass is 32.2. The largest absolute Gasteiger partial charge is 0.493 e. The van der Waals surface area contributed by atoms with Crippen molar-refractivity contribution in [1.29, 1.82) is 0 Å². The van der Waals surface area contributed by atoms with Crippen molar-refractivity contribution in [3.63, 3.8) is 0 Å². The van der Waals surface area contributed by atoms with Crippen LogP contribution in [0.15, 0.2) is 59.5 Å². The average molecular weight is 544 g/mol. The van der Waals surface area contributed by atoms with Crippen LogP contribution in [0.25, 0.3) is 0 Å². The minimum atomic E-state index is -3.94. The Hall–Kier alpha value is -3.31. The number of para-hydroxylation sites is 1. The van der Waals surface area contributed by atoms with Gasteiger partial charge in [0.2, 0.25) is 10.0 Å². The maximum absolute atomic E-state index is 14.0. The normalized spacial score (nSPS) is 14.6. The molecule has 0 N–H and O–H groups in total. The Balaban J connectivity index is 1.88. The summed E-state index contributed by atoms with van der Waals surface area (Å²) in [6, 6.07) is 15.9. The fourth-order valence-corrected chi connectivity index (χ4v) is 5.97. The lowest BCUT2D eigenvalue weighted by molar-refractivity contribution is -0.108. The first-order valence-corrected chi connectivity index (χ1v) is 13.4. The van der Waals surface area contributed by atoms with Gasteiger partial charge in [-0.2, -0.15) is 4.31 Å². The van der Waals surface area contributed by atoms with Gasteiger partial charge in [0.25, 0.3) is 0 Å². The fraction of sp³-hybridized carbons (Fsp3) is 0.357. The van der Waals surface area contributed by atoms with E-state index in [9.17, 15) is 8.42 Å². The average Bonchev–Trinajstić information content (AvgIpc) is 2.93. The lowest BCUT2D eigenvalue weighted by atomic mass is 9.87. The Morgan fingerprint density at radius 2 is 1.47 bits per heavy atom. The van der Waals surface area contributed by atoms with Crippen LogP contribution in [0, 0.1) is 6.92 Å². The zero-order chi connectivity index (χ0) is 27.4. The van der Waals surface area contributed by atoms with Gasteiger partial charge in [0.05, 0.1) is 32.8 Å². The molecular formula is C28H33NO8S. The molecule has 1 aliphatic rings. The van der Waals surface area contributed by atoms with E-state index in [4.69, 9.17) is 28.4 Å². The molecular weight excluding hydrogens is 510 g/mol. The van der Waals surface area contributed by atoms with Gasteiger partial charge < -0.3 is 28.4 Å². The molecule has 9 nitrogen and oxygen atoms in total. The topological polar surface area (TPSA) is 92.8 Å². The highest BCUT2D eigenvalue weighted by Crippen LogP contribution is 2.51. The third kappa shape index (κ3) is 5.30. The molecule has 0 saturated heterocycles. The summed E-state index contributed by atoms with van der Waals surface area (Å²) in [6.07, 6.45) is -0.773. The van der Waals surface area contributed by atoms with Crippen LogP contribution in [0.5, 0.6) is 28.7 Å². The lowest BCUT2D eigenvalue weighted by Crippen LogP contribution is -2.41.